The van der Waals surface area contributed by atoms with Crippen molar-refractivity contribution in [1.29, 1.82) is 0 Å². The van der Waals surface area contributed by atoms with E-state index in [4.69, 9.17) is 0 Å². The summed E-state index contributed by atoms with van der Waals surface area (Å²) in [6, 6.07) is 0. The number of piperidine rings is 1. The van der Waals surface area contributed by atoms with Gasteiger partial charge in [-0.2, -0.15) is 0 Å². The van der Waals surface area contributed by atoms with Gasteiger partial charge in [0.25, 0.3) is 0 Å². The lowest BCUT2D eigenvalue weighted by molar-refractivity contribution is -0.126. The summed E-state index contributed by atoms with van der Waals surface area (Å²) in [6.07, 6.45) is 4.56. The molecule has 106 valence electrons. The van der Waals surface area contributed by atoms with Crippen molar-refractivity contribution in [1.82, 2.24) is 10.2 Å². The van der Waals surface area contributed by atoms with Gasteiger partial charge in [-0.3, -0.25) is 4.79 Å². The molecule has 1 saturated heterocycles. The van der Waals surface area contributed by atoms with E-state index >= 15 is 0 Å². The summed E-state index contributed by atoms with van der Waals surface area (Å²) in [5.41, 5.74) is 0.366. The first kappa shape index (κ1) is 16.0. The minimum Gasteiger partial charge on any atom is -0.359 e. The molecule has 0 saturated carbocycles. The van der Waals surface area contributed by atoms with Gasteiger partial charge >= 0.3 is 0 Å². The van der Waals surface area contributed by atoms with Gasteiger partial charge in [0, 0.05) is 25.5 Å². The summed E-state index contributed by atoms with van der Waals surface area (Å²) < 4.78 is 0. The van der Waals surface area contributed by atoms with Crippen LogP contribution in [0.4, 0.5) is 0 Å². The highest BCUT2D eigenvalue weighted by atomic mass is 79.9. The molecule has 1 heterocycles. The zero-order chi connectivity index (χ0) is 13.6. The Hall–Kier alpha value is -0.0900. The van der Waals surface area contributed by atoms with Gasteiger partial charge in [-0.15, -0.1) is 0 Å². The van der Waals surface area contributed by atoms with Crippen molar-refractivity contribution >= 4 is 21.8 Å². The number of carbonyl (C=O) groups excluding carboxylic acids is 1. The van der Waals surface area contributed by atoms with E-state index in [-0.39, 0.29) is 11.8 Å². The van der Waals surface area contributed by atoms with E-state index in [1.807, 2.05) is 0 Å². The van der Waals surface area contributed by atoms with E-state index in [9.17, 15) is 4.79 Å². The van der Waals surface area contributed by atoms with Gasteiger partial charge < -0.3 is 10.2 Å². The molecule has 0 aromatic carbocycles. The average Bonchev–Trinajstić information content (AvgIpc) is 2.44. The average molecular weight is 319 g/mol. The highest BCUT2D eigenvalue weighted by Gasteiger charge is 2.31. The van der Waals surface area contributed by atoms with Gasteiger partial charge in [0.15, 0.2) is 0 Å². The molecule has 0 spiro atoms. The number of carbonyl (C=O) groups is 1. The van der Waals surface area contributed by atoms with E-state index in [1.165, 1.54) is 12.8 Å². The van der Waals surface area contributed by atoms with E-state index < -0.39 is 0 Å². The summed E-state index contributed by atoms with van der Waals surface area (Å²) >= 11 is 3.67. The number of rotatable bonds is 6. The topological polar surface area (TPSA) is 32.3 Å². The number of nitrogens with one attached hydrogen (secondary N) is 1. The first-order valence-corrected chi connectivity index (χ1v) is 8.23. The predicted molar refractivity (Wildman–Crippen MR) is 80.0 cm³/mol. The van der Waals surface area contributed by atoms with Crippen LogP contribution >= 0.6 is 15.9 Å². The van der Waals surface area contributed by atoms with Gasteiger partial charge in [0.1, 0.15) is 0 Å². The van der Waals surface area contributed by atoms with Crippen molar-refractivity contribution in [2.45, 2.75) is 39.5 Å². The molecule has 3 nitrogen and oxygen atoms in total. The third-order valence-corrected chi connectivity index (χ3v) is 5.65. The maximum absolute atomic E-state index is 11.7. The fraction of sp³-hybridized carbons (Fsp3) is 0.929. The summed E-state index contributed by atoms with van der Waals surface area (Å²) in [6.45, 7) is 7.71. The zero-order valence-corrected chi connectivity index (χ0v) is 13.6. The molecule has 0 aliphatic carbocycles. The van der Waals surface area contributed by atoms with E-state index in [1.54, 1.807) is 7.05 Å². The zero-order valence-electron chi connectivity index (χ0n) is 12.0. The monoisotopic (exact) mass is 318 g/mol. The van der Waals surface area contributed by atoms with Crippen LogP contribution in [0.25, 0.3) is 0 Å². The number of nitrogens with zero attached hydrogens (tertiary/aromatic N) is 1. The van der Waals surface area contributed by atoms with Gasteiger partial charge in [-0.1, -0.05) is 29.8 Å². The third kappa shape index (κ3) is 3.95. The largest absolute Gasteiger partial charge is 0.359 e. The molecule has 18 heavy (non-hydrogen) atoms. The highest BCUT2D eigenvalue weighted by molar-refractivity contribution is 9.09. The number of likely N-dealkylation sites (tertiary alicyclic amines) is 1. The van der Waals surface area contributed by atoms with Crippen molar-refractivity contribution in [3.8, 4) is 0 Å². The summed E-state index contributed by atoms with van der Waals surface area (Å²) in [7, 11) is 1.74. The molecule has 1 N–H and O–H groups in total. The van der Waals surface area contributed by atoms with Crippen LogP contribution in [0.3, 0.4) is 0 Å². The van der Waals surface area contributed by atoms with E-state index in [2.05, 4.69) is 40.0 Å². The number of hydrogen-bond donors (Lipinski definition) is 1. The summed E-state index contributed by atoms with van der Waals surface area (Å²) in [5.74, 6) is 0.391. The van der Waals surface area contributed by atoms with Crippen molar-refractivity contribution in [3.05, 3.63) is 0 Å². The lowest BCUT2D eigenvalue weighted by Crippen LogP contribution is -2.46. The number of amides is 1. The summed E-state index contributed by atoms with van der Waals surface area (Å²) in [4.78, 5) is 14.2. The van der Waals surface area contributed by atoms with Crippen LogP contribution in [0.2, 0.25) is 0 Å². The Labute approximate surface area is 120 Å². The second-order valence-corrected chi connectivity index (χ2v) is 6.09. The minimum absolute atomic E-state index is 0.186. The molecule has 0 bridgehead atoms. The highest BCUT2D eigenvalue weighted by Crippen LogP contribution is 2.31. The maximum atomic E-state index is 11.7. The van der Waals surface area contributed by atoms with E-state index in [0.717, 1.165) is 37.8 Å². The predicted octanol–water partition coefficient (Wildman–Crippen LogP) is 2.65. The van der Waals surface area contributed by atoms with Crippen LogP contribution in [0.15, 0.2) is 0 Å². The number of hydrogen-bond acceptors (Lipinski definition) is 2. The van der Waals surface area contributed by atoms with Crippen LogP contribution in [-0.4, -0.2) is 42.8 Å². The minimum atomic E-state index is 0.186. The van der Waals surface area contributed by atoms with Gasteiger partial charge in [0.05, 0.1) is 5.92 Å². The Kier molecular flexibility index (Phi) is 6.64. The van der Waals surface area contributed by atoms with Gasteiger partial charge in [0.2, 0.25) is 5.91 Å². The van der Waals surface area contributed by atoms with Gasteiger partial charge in [-0.05, 0) is 37.6 Å². The lowest BCUT2D eigenvalue weighted by atomic mass is 9.83. The fourth-order valence-electron chi connectivity index (χ4n) is 2.80. The van der Waals surface area contributed by atoms with Crippen molar-refractivity contribution < 1.29 is 4.79 Å². The Morgan fingerprint density at radius 1 is 1.44 bits per heavy atom. The molecule has 1 amide bonds. The molecule has 4 heteroatoms. The second-order valence-electron chi connectivity index (χ2n) is 5.53. The quantitative estimate of drug-likeness (QED) is 0.764. The third-order valence-electron chi connectivity index (χ3n) is 4.47. The molecule has 1 unspecified atom stereocenters. The fourth-order valence-corrected chi connectivity index (χ4v) is 3.77. The SMILES string of the molecule is CCC(CC)(CBr)CN1CCCC(C(=O)NC)C1. The molecule has 0 radical (unpaired) electrons. The van der Waals surface area contributed by atoms with Crippen molar-refractivity contribution in [2.24, 2.45) is 11.3 Å². The van der Waals surface area contributed by atoms with E-state index in [0.29, 0.717) is 5.41 Å². The second kappa shape index (κ2) is 7.49. The molecular weight excluding hydrogens is 292 g/mol. The Morgan fingerprint density at radius 3 is 2.61 bits per heavy atom. The first-order chi connectivity index (χ1) is 8.60. The lowest BCUT2D eigenvalue weighted by Gasteiger charge is -2.39. The molecule has 1 atom stereocenters. The Morgan fingerprint density at radius 2 is 2.11 bits per heavy atom. The van der Waals surface area contributed by atoms with Crippen LogP contribution in [0, 0.1) is 11.3 Å². The number of halogens is 1. The van der Waals surface area contributed by atoms with Gasteiger partial charge in [-0.25, -0.2) is 0 Å². The van der Waals surface area contributed by atoms with Crippen molar-refractivity contribution in [3.63, 3.8) is 0 Å². The molecule has 1 aliphatic heterocycles. The molecular formula is C14H27BrN2O. The molecule has 0 aromatic heterocycles. The molecule has 0 aromatic rings. The molecule has 1 rings (SSSR count). The first-order valence-electron chi connectivity index (χ1n) is 7.10. The van der Waals surface area contributed by atoms with Crippen molar-refractivity contribution in [2.75, 3.05) is 32.0 Å². The smallest absolute Gasteiger partial charge is 0.224 e. The van der Waals surface area contributed by atoms with Crippen LogP contribution in [0.5, 0.6) is 0 Å². The molecule has 1 fully saturated rings. The van der Waals surface area contributed by atoms with Crippen LogP contribution in [0.1, 0.15) is 39.5 Å². The summed E-state index contributed by atoms with van der Waals surface area (Å²) in [5, 5.41) is 3.83. The standard InChI is InChI=1S/C14H27BrN2O/c1-4-14(5-2,10-15)11-17-8-6-7-12(9-17)13(18)16-3/h12H,4-11H2,1-3H3,(H,16,18). The number of alkyl halides is 1. The maximum Gasteiger partial charge on any atom is 0.224 e. The van der Waals surface area contributed by atoms with Crippen LogP contribution in [-0.2, 0) is 4.79 Å². The molecule has 1 aliphatic rings. The Bertz CT molecular complexity index is 258. The normalized spacial score (nSPS) is 21.9. The Balaban J connectivity index is 2.58. The van der Waals surface area contributed by atoms with Crippen LogP contribution < -0.4 is 5.32 Å².